The Balaban J connectivity index is 1.37. The van der Waals surface area contributed by atoms with Gasteiger partial charge in [0.15, 0.2) is 11.5 Å². The average molecular weight is 353 g/mol. The summed E-state index contributed by atoms with van der Waals surface area (Å²) in [4.78, 5) is 16.8. The molecule has 0 bridgehead atoms. The van der Waals surface area contributed by atoms with E-state index in [-0.39, 0.29) is 12.7 Å². The molecule has 1 aliphatic carbocycles. The number of fused-ring (bicyclic) bond motifs is 1. The third kappa shape index (κ3) is 3.90. The fraction of sp³-hybridized carbons (Fsp3) is 0.400. The van der Waals surface area contributed by atoms with Crippen LogP contribution in [-0.2, 0) is 0 Å². The lowest BCUT2D eigenvalue weighted by molar-refractivity contribution is 0.102. The van der Waals surface area contributed by atoms with Crippen LogP contribution in [0, 0.1) is 0 Å². The summed E-state index contributed by atoms with van der Waals surface area (Å²) in [5.74, 6) is 1.97. The normalized spacial score (nSPS) is 16.8. The van der Waals surface area contributed by atoms with Crippen molar-refractivity contribution in [3.63, 3.8) is 0 Å². The van der Waals surface area contributed by atoms with Gasteiger partial charge in [0.2, 0.25) is 6.79 Å². The molecule has 0 saturated heterocycles. The van der Waals surface area contributed by atoms with Crippen molar-refractivity contribution in [1.29, 1.82) is 0 Å². The zero-order chi connectivity index (χ0) is 17.8. The van der Waals surface area contributed by atoms with E-state index in [0.29, 0.717) is 28.8 Å². The molecule has 0 atom stereocenters. The van der Waals surface area contributed by atoms with Crippen LogP contribution in [0.5, 0.6) is 11.5 Å². The van der Waals surface area contributed by atoms with Gasteiger partial charge in [0, 0.05) is 24.0 Å². The molecule has 2 aliphatic rings. The van der Waals surface area contributed by atoms with Crippen molar-refractivity contribution >= 4 is 17.4 Å². The molecule has 136 valence electrons. The highest BCUT2D eigenvalue weighted by Crippen LogP contribution is 2.34. The van der Waals surface area contributed by atoms with Crippen LogP contribution < -0.4 is 20.1 Å². The van der Waals surface area contributed by atoms with Crippen molar-refractivity contribution in [1.82, 2.24) is 4.98 Å². The summed E-state index contributed by atoms with van der Waals surface area (Å²) >= 11 is 0. The Bertz CT molecular complexity index is 768. The van der Waals surface area contributed by atoms with E-state index in [1.807, 2.05) is 6.07 Å². The fourth-order valence-electron chi connectivity index (χ4n) is 3.42. The molecule has 1 saturated carbocycles. The van der Waals surface area contributed by atoms with Gasteiger partial charge in [-0.2, -0.15) is 0 Å². The SMILES string of the molecule is O=C(Nc1ccc2c(c1)OCO2)c1ccc(NC2CCCCCC2)nc1. The monoisotopic (exact) mass is 353 g/mol. The van der Waals surface area contributed by atoms with Crippen LogP contribution in [0.25, 0.3) is 0 Å². The summed E-state index contributed by atoms with van der Waals surface area (Å²) in [6, 6.07) is 9.50. The van der Waals surface area contributed by atoms with Crippen LogP contribution in [0.1, 0.15) is 48.9 Å². The first-order chi connectivity index (χ1) is 12.8. The molecule has 1 fully saturated rings. The summed E-state index contributed by atoms with van der Waals surface area (Å²) in [6.45, 7) is 0.214. The minimum absolute atomic E-state index is 0.197. The van der Waals surface area contributed by atoms with Crippen molar-refractivity contribution in [3.05, 3.63) is 42.1 Å². The van der Waals surface area contributed by atoms with Crippen LogP contribution in [0.2, 0.25) is 0 Å². The van der Waals surface area contributed by atoms with Gasteiger partial charge in [0.25, 0.3) is 5.91 Å². The second-order valence-corrected chi connectivity index (χ2v) is 6.79. The minimum atomic E-state index is -0.197. The number of carbonyl (C=O) groups excluding carboxylic acids is 1. The van der Waals surface area contributed by atoms with Crippen LogP contribution in [0.3, 0.4) is 0 Å². The van der Waals surface area contributed by atoms with Crippen LogP contribution in [-0.4, -0.2) is 23.7 Å². The number of hydrogen-bond donors (Lipinski definition) is 2. The number of ether oxygens (including phenoxy) is 2. The largest absolute Gasteiger partial charge is 0.454 e. The standard InChI is InChI=1S/C20H23N3O3/c24-20(23-16-8-9-17-18(11-16)26-13-25-17)14-7-10-19(21-12-14)22-15-5-3-1-2-4-6-15/h7-12,15H,1-6,13H2,(H,21,22)(H,23,24). The predicted molar refractivity (Wildman–Crippen MR) is 99.9 cm³/mol. The first-order valence-electron chi connectivity index (χ1n) is 9.21. The van der Waals surface area contributed by atoms with E-state index in [9.17, 15) is 4.79 Å². The Morgan fingerprint density at radius 1 is 1.00 bits per heavy atom. The van der Waals surface area contributed by atoms with E-state index in [0.717, 1.165) is 5.82 Å². The maximum absolute atomic E-state index is 12.4. The number of hydrogen-bond acceptors (Lipinski definition) is 5. The van der Waals surface area contributed by atoms with Crippen molar-refractivity contribution in [3.8, 4) is 11.5 Å². The Labute approximate surface area is 152 Å². The van der Waals surface area contributed by atoms with E-state index >= 15 is 0 Å². The van der Waals surface area contributed by atoms with E-state index in [1.165, 1.54) is 38.5 Å². The number of aromatic nitrogens is 1. The number of amides is 1. The number of pyridine rings is 1. The van der Waals surface area contributed by atoms with Gasteiger partial charge in [-0.15, -0.1) is 0 Å². The second-order valence-electron chi connectivity index (χ2n) is 6.79. The molecule has 6 nitrogen and oxygen atoms in total. The molecule has 2 N–H and O–H groups in total. The predicted octanol–water partition coefficient (Wildman–Crippen LogP) is 4.20. The van der Waals surface area contributed by atoms with Gasteiger partial charge in [0.1, 0.15) is 5.82 Å². The van der Waals surface area contributed by atoms with Crippen molar-refractivity contribution in [2.45, 2.75) is 44.6 Å². The second kappa shape index (κ2) is 7.64. The van der Waals surface area contributed by atoms with Crippen LogP contribution in [0.4, 0.5) is 11.5 Å². The van der Waals surface area contributed by atoms with Crippen molar-refractivity contribution in [2.75, 3.05) is 17.4 Å². The Morgan fingerprint density at radius 3 is 2.58 bits per heavy atom. The van der Waals surface area contributed by atoms with E-state index in [2.05, 4.69) is 15.6 Å². The molecule has 2 heterocycles. The molecule has 0 spiro atoms. The molecule has 2 aromatic rings. The molecule has 4 rings (SSSR count). The van der Waals surface area contributed by atoms with Gasteiger partial charge >= 0.3 is 0 Å². The Kier molecular flexibility index (Phi) is 4.91. The molecule has 0 radical (unpaired) electrons. The quantitative estimate of drug-likeness (QED) is 0.806. The smallest absolute Gasteiger partial charge is 0.257 e. The third-order valence-electron chi connectivity index (χ3n) is 4.86. The summed E-state index contributed by atoms with van der Waals surface area (Å²) in [7, 11) is 0. The Hall–Kier alpha value is -2.76. The number of nitrogens with zero attached hydrogens (tertiary/aromatic N) is 1. The summed E-state index contributed by atoms with van der Waals surface area (Å²) in [5, 5.41) is 6.35. The number of anilines is 2. The lowest BCUT2D eigenvalue weighted by atomic mass is 10.1. The lowest BCUT2D eigenvalue weighted by Crippen LogP contribution is -2.19. The molecular formula is C20H23N3O3. The molecule has 1 aromatic heterocycles. The zero-order valence-electron chi connectivity index (χ0n) is 14.7. The third-order valence-corrected chi connectivity index (χ3v) is 4.86. The molecule has 26 heavy (non-hydrogen) atoms. The molecule has 1 aliphatic heterocycles. The number of carbonyl (C=O) groups is 1. The molecule has 1 aromatic carbocycles. The highest BCUT2D eigenvalue weighted by molar-refractivity contribution is 6.04. The van der Waals surface area contributed by atoms with Gasteiger partial charge in [-0.1, -0.05) is 25.7 Å². The maximum Gasteiger partial charge on any atom is 0.257 e. The molecule has 0 unspecified atom stereocenters. The number of benzene rings is 1. The lowest BCUT2D eigenvalue weighted by Gasteiger charge is -2.16. The van der Waals surface area contributed by atoms with E-state index in [4.69, 9.17) is 9.47 Å². The van der Waals surface area contributed by atoms with Crippen molar-refractivity contribution < 1.29 is 14.3 Å². The van der Waals surface area contributed by atoms with Gasteiger partial charge in [0.05, 0.1) is 5.56 Å². The van der Waals surface area contributed by atoms with Gasteiger partial charge < -0.3 is 20.1 Å². The van der Waals surface area contributed by atoms with Gasteiger partial charge in [-0.05, 0) is 37.1 Å². The number of rotatable bonds is 4. The topological polar surface area (TPSA) is 72.5 Å². The Morgan fingerprint density at radius 2 is 1.81 bits per heavy atom. The highest BCUT2D eigenvalue weighted by Gasteiger charge is 2.15. The molecule has 6 heteroatoms. The number of nitrogens with one attached hydrogen (secondary N) is 2. The van der Waals surface area contributed by atoms with Gasteiger partial charge in [-0.25, -0.2) is 4.98 Å². The van der Waals surface area contributed by atoms with Crippen LogP contribution in [0.15, 0.2) is 36.5 Å². The molecule has 1 amide bonds. The summed E-state index contributed by atoms with van der Waals surface area (Å²) in [6.07, 6.45) is 9.18. The fourth-order valence-corrected chi connectivity index (χ4v) is 3.42. The first-order valence-corrected chi connectivity index (χ1v) is 9.21. The maximum atomic E-state index is 12.4. The minimum Gasteiger partial charge on any atom is -0.454 e. The molecular weight excluding hydrogens is 330 g/mol. The highest BCUT2D eigenvalue weighted by atomic mass is 16.7. The average Bonchev–Trinajstić information content (AvgIpc) is 2.97. The summed E-state index contributed by atoms with van der Waals surface area (Å²) in [5.41, 5.74) is 1.19. The first kappa shape index (κ1) is 16.7. The summed E-state index contributed by atoms with van der Waals surface area (Å²) < 4.78 is 10.6. The van der Waals surface area contributed by atoms with E-state index < -0.39 is 0 Å². The van der Waals surface area contributed by atoms with Crippen molar-refractivity contribution in [2.24, 2.45) is 0 Å². The van der Waals surface area contributed by atoms with E-state index in [1.54, 1.807) is 30.5 Å². The van der Waals surface area contributed by atoms with Crippen LogP contribution >= 0.6 is 0 Å². The van der Waals surface area contributed by atoms with Gasteiger partial charge in [-0.3, -0.25) is 4.79 Å². The zero-order valence-corrected chi connectivity index (χ0v) is 14.7.